The highest BCUT2D eigenvalue weighted by Gasteiger charge is 2.27. The van der Waals surface area contributed by atoms with Crippen LogP contribution in [0.5, 0.6) is 0 Å². The fourth-order valence-electron chi connectivity index (χ4n) is 3.43. The Labute approximate surface area is 129 Å². The van der Waals surface area contributed by atoms with E-state index >= 15 is 0 Å². The Morgan fingerprint density at radius 2 is 1.85 bits per heavy atom. The van der Waals surface area contributed by atoms with Crippen LogP contribution in [0.3, 0.4) is 0 Å². The van der Waals surface area contributed by atoms with Crippen molar-refractivity contribution in [3.63, 3.8) is 0 Å². The van der Waals surface area contributed by atoms with Crippen LogP contribution in [0.4, 0.5) is 5.69 Å². The minimum atomic E-state index is 0.473. The molecule has 20 heavy (non-hydrogen) atoms. The van der Waals surface area contributed by atoms with Crippen LogP contribution in [0.2, 0.25) is 0 Å². The van der Waals surface area contributed by atoms with Crippen molar-refractivity contribution in [1.82, 2.24) is 0 Å². The molecule has 2 aromatic carbocycles. The summed E-state index contributed by atoms with van der Waals surface area (Å²) in [5.41, 5.74) is 1.74. The zero-order chi connectivity index (χ0) is 14.2. The van der Waals surface area contributed by atoms with Crippen LogP contribution in [0, 0.1) is 5.41 Å². The third kappa shape index (κ3) is 2.85. The summed E-state index contributed by atoms with van der Waals surface area (Å²) >= 11 is 3.65. The minimum absolute atomic E-state index is 0.473. The summed E-state index contributed by atoms with van der Waals surface area (Å²) in [6.45, 7) is 4.78. The maximum absolute atomic E-state index is 3.79. The average Bonchev–Trinajstić information content (AvgIpc) is 2.41. The number of hydrogen-bond acceptors (Lipinski definition) is 1. The number of fused-ring (bicyclic) bond motifs is 1. The molecule has 0 heterocycles. The van der Waals surface area contributed by atoms with Gasteiger partial charge in [-0.05, 0) is 42.2 Å². The predicted molar refractivity (Wildman–Crippen MR) is 91.3 cm³/mol. The van der Waals surface area contributed by atoms with Crippen LogP contribution in [0.25, 0.3) is 10.8 Å². The first-order chi connectivity index (χ1) is 9.55. The van der Waals surface area contributed by atoms with E-state index in [9.17, 15) is 0 Å². The number of rotatable bonds is 2. The topological polar surface area (TPSA) is 12.0 Å². The molecule has 3 rings (SSSR count). The molecule has 1 N–H and O–H groups in total. The van der Waals surface area contributed by atoms with E-state index in [1.54, 1.807) is 0 Å². The fraction of sp³-hybridized carbons (Fsp3) is 0.444. The predicted octanol–water partition coefficient (Wildman–Crippen LogP) is 5.98. The summed E-state index contributed by atoms with van der Waals surface area (Å²) in [6, 6.07) is 13.5. The molecule has 1 aliphatic carbocycles. The summed E-state index contributed by atoms with van der Waals surface area (Å²) in [5, 5.41) is 6.38. The summed E-state index contributed by atoms with van der Waals surface area (Å²) < 4.78 is 1.17. The van der Waals surface area contributed by atoms with Gasteiger partial charge in [-0.1, -0.05) is 60.5 Å². The Kier molecular flexibility index (Phi) is 3.76. The lowest BCUT2D eigenvalue weighted by atomic mass is 9.75. The standard InChI is InChI=1S/C18H22BrN/c1-18(2)11-5-6-13(12-18)20-17-10-9-16(19)14-7-3-4-8-15(14)17/h3-4,7-10,13,20H,5-6,11-12H2,1-2H3. The van der Waals surface area contributed by atoms with E-state index in [-0.39, 0.29) is 0 Å². The van der Waals surface area contributed by atoms with Gasteiger partial charge in [0.1, 0.15) is 0 Å². The second-order valence-electron chi connectivity index (χ2n) is 6.74. The fourth-order valence-corrected chi connectivity index (χ4v) is 3.91. The molecule has 1 fully saturated rings. The van der Waals surface area contributed by atoms with Gasteiger partial charge in [0.25, 0.3) is 0 Å². The molecule has 2 aromatic rings. The maximum atomic E-state index is 3.79. The van der Waals surface area contributed by atoms with Gasteiger partial charge in [-0.15, -0.1) is 0 Å². The first kappa shape index (κ1) is 13.9. The number of hydrogen-bond donors (Lipinski definition) is 1. The molecule has 0 amide bonds. The smallest absolute Gasteiger partial charge is 0.0422 e. The number of nitrogens with one attached hydrogen (secondary N) is 1. The van der Waals surface area contributed by atoms with Gasteiger partial charge in [0.15, 0.2) is 0 Å². The normalized spacial score (nSPS) is 21.9. The van der Waals surface area contributed by atoms with Crippen molar-refractivity contribution in [2.75, 3.05) is 5.32 Å². The molecule has 0 saturated heterocycles. The number of halogens is 1. The number of anilines is 1. The second-order valence-corrected chi connectivity index (χ2v) is 7.60. The maximum Gasteiger partial charge on any atom is 0.0422 e. The van der Waals surface area contributed by atoms with Crippen molar-refractivity contribution in [3.05, 3.63) is 40.9 Å². The molecule has 1 nitrogen and oxygen atoms in total. The Bertz CT molecular complexity index is 618. The molecule has 1 saturated carbocycles. The average molecular weight is 332 g/mol. The molecule has 1 unspecified atom stereocenters. The van der Waals surface area contributed by atoms with Gasteiger partial charge in [-0.2, -0.15) is 0 Å². The van der Waals surface area contributed by atoms with Crippen molar-refractivity contribution < 1.29 is 0 Å². The van der Waals surface area contributed by atoms with E-state index in [2.05, 4.69) is 71.5 Å². The van der Waals surface area contributed by atoms with Crippen molar-refractivity contribution in [2.24, 2.45) is 5.41 Å². The Hall–Kier alpha value is -1.02. The molecule has 1 aliphatic rings. The van der Waals surface area contributed by atoms with Crippen LogP contribution in [-0.4, -0.2) is 6.04 Å². The first-order valence-corrected chi connectivity index (χ1v) is 8.28. The lowest BCUT2D eigenvalue weighted by Crippen LogP contribution is -2.31. The van der Waals surface area contributed by atoms with E-state index in [0.717, 1.165) is 0 Å². The molecule has 2 heteroatoms. The third-order valence-electron chi connectivity index (χ3n) is 4.44. The van der Waals surface area contributed by atoms with Crippen LogP contribution in [-0.2, 0) is 0 Å². The van der Waals surface area contributed by atoms with Gasteiger partial charge in [-0.25, -0.2) is 0 Å². The second kappa shape index (κ2) is 5.40. The van der Waals surface area contributed by atoms with E-state index in [0.29, 0.717) is 11.5 Å². The summed E-state index contributed by atoms with van der Waals surface area (Å²) in [5.74, 6) is 0. The van der Waals surface area contributed by atoms with Crippen LogP contribution >= 0.6 is 15.9 Å². The zero-order valence-corrected chi connectivity index (χ0v) is 13.8. The van der Waals surface area contributed by atoms with Crippen molar-refractivity contribution in [2.45, 2.75) is 45.6 Å². The van der Waals surface area contributed by atoms with Gasteiger partial charge < -0.3 is 5.32 Å². The summed E-state index contributed by atoms with van der Waals surface area (Å²) in [6.07, 6.45) is 5.23. The van der Waals surface area contributed by atoms with Crippen LogP contribution < -0.4 is 5.32 Å². The van der Waals surface area contributed by atoms with Crippen LogP contribution in [0.1, 0.15) is 39.5 Å². The largest absolute Gasteiger partial charge is 0.382 e. The molecule has 0 bridgehead atoms. The molecule has 0 aliphatic heterocycles. The quantitative estimate of drug-likeness (QED) is 0.713. The van der Waals surface area contributed by atoms with E-state index in [4.69, 9.17) is 0 Å². The van der Waals surface area contributed by atoms with Gasteiger partial charge in [0.05, 0.1) is 0 Å². The number of benzene rings is 2. The van der Waals surface area contributed by atoms with Gasteiger partial charge >= 0.3 is 0 Å². The molecule has 0 aromatic heterocycles. The third-order valence-corrected chi connectivity index (χ3v) is 5.13. The lowest BCUT2D eigenvalue weighted by Gasteiger charge is -2.36. The minimum Gasteiger partial charge on any atom is -0.382 e. The van der Waals surface area contributed by atoms with E-state index < -0.39 is 0 Å². The highest BCUT2D eigenvalue weighted by Crippen LogP contribution is 2.38. The van der Waals surface area contributed by atoms with Crippen molar-refractivity contribution in [1.29, 1.82) is 0 Å². The highest BCUT2D eigenvalue weighted by molar-refractivity contribution is 9.10. The Morgan fingerprint density at radius 3 is 2.60 bits per heavy atom. The molecular formula is C18H22BrN. The monoisotopic (exact) mass is 331 g/mol. The van der Waals surface area contributed by atoms with Gasteiger partial charge in [0.2, 0.25) is 0 Å². The first-order valence-electron chi connectivity index (χ1n) is 7.49. The van der Waals surface area contributed by atoms with Crippen LogP contribution in [0.15, 0.2) is 40.9 Å². The molecule has 0 radical (unpaired) electrons. The Balaban J connectivity index is 1.90. The van der Waals surface area contributed by atoms with E-state index in [1.807, 2.05) is 0 Å². The lowest BCUT2D eigenvalue weighted by molar-refractivity contribution is 0.229. The molecule has 0 spiro atoms. The summed E-state index contributed by atoms with van der Waals surface area (Å²) in [7, 11) is 0. The van der Waals surface area contributed by atoms with Crippen molar-refractivity contribution in [3.8, 4) is 0 Å². The van der Waals surface area contributed by atoms with E-state index in [1.165, 1.54) is 46.6 Å². The van der Waals surface area contributed by atoms with Gasteiger partial charge in [-0.3, -0.25) is 0 Å². The van der Waals surface area contributed by atoms with Gasteiger partial charge in [0, 0.05) is 21.6 Å². The molecule has 1 atom stereocenters. The zero-order valence-electron chi connectivity index (χ0n) is 12.2. The SMILES string of the molecule is CC1(C)CCCC(Nc2ccc(Br)c3ccccc23)C1. The van der Waals surface area contributed by atoms with Crippen molar-refractivity contribution >= 4 is 32.4 Å². The molecule has 106 valence electrons. The molecular weight excluding hydrogens is 310 g/mol. The Morgan fingerprint density at radius 1 is 1.10 bits per heavy atom. The highest BCUT2D eigenvalue weighted by atomic mass is 79.9. The summed E-state index contributed by atoms with van der Waals surface area (Å²) in [4.78, 5) is 0.